The maximum atomic E-state index is 14.3. The fourth-order valence-electron chi connectivity index (χ4n) is 8.03. The molecule has 0 amide bonds. The molecule has 5 atom stereocenters. The number of benzene rings is 2. The van der Waals surface area contributed by atoms with E-state index in [4.69, 9.17) is 9.47 Å². The van der Waals surface area contributed by atoms with E-state index in [0.29, 0.717) is 17.7 Å². The van der Waals surface area contributed by atoms with Gasteiger partial charge in [-0.25, -0.2) is 0 Å². The molecule has 2 bridgehead atoms. The van der Waals surface area contributed by atoms with Crippen LogP contribution in [-0.4, -0.2) is 43.5 Å². The highest BCUT2D eigenvalue weighted by molar-refractivity contribution is 5.94. The number of likely N-dealkylation sites (N-methyl/N-ethyl adjacent to an activating group) is 1. The predicted octanol–water partition coefficient (Wildman–Crippen LogP) is 3.72. The standard InChI is InChI=1S/C27H29NO3/c1-28-12-11-27-19-15-26(10-9-16-5-3-4-6-18(16)14-26)24(29)25(27)31-23-21(30-2)8-7-17(22(23)27)13-20(19)28/h3-8,19-20,25H,9-15H2,1-2H3/t19-,20-,25-,26+,27-/m0/s1. The fourth-order valence-corrected chi connectivity index (χ4v) is 8.03. The van der Waals surface area contributed by atoms with Gasteiger partial charge >= 0.3 is 0 Å². The van der Waals surface area contributed by atoms with Crippen LogP contribution in [0.2, 0.25) is 0 Å². The van der Waals surface area contributed by atoms with Crippen LogP contribution < -0.4 is 9.47 Å². The first-order valence-electron chi connectivity index (χ1n) is 11.8. The maximum Gasteiger partial charge on any atom is 0.180 e. The summed E-state index contributed by atoms with van der Waals surface area (Å²) < 4.78 is 12.4. The maximum absolute atomic E-state index is 14.3. The SMILES string of the molecule is COc1ccc2c3c1O[C@H]1C(=O)[C@@]4(CCc5ccccc5C4)C[C@H]4[C@H](C2)N(C)CC[C@]314. The summed E-state index contributed by atoms with van der Waals surface area (Å²) >= 11 is 0. The van der Waals surface area contributed by atoms with Crippen molar-refractivity contribution in [2.24, 2.45) is 11.3 Å². The van der Waals surface area contributed by atoms with Crippen molar-refractivity contribution in [3.05, 3.63) is 58.7 Å². The monoisotopic (exact) mass is 415 g/mol. The van der Waals surface area contributed by atoms with Gasteiger partial charge in [-0.2, -0.15) is 0 Å². The molecule has 4 heteroatoms. The average molecular weight is 416 g/mol. The Morgan fingerprint density at radius 1 is 1.10 bits per heavy atom. The number of aryl methyl sites for hydroxylation is 1. The Balaban J connectivity index is 1.42. The highest BCUT2D eigenvalue weighted by atomic mass is 16.5. The van der Waals surface area contributed by atoms with Crippen molar-refractivity contribution < 1.29 is 14.3 Å². The zero-order valence-electron chi connectivity index (χ0n) is 18.3. The third-order valence-corrected chi connectivity index (χ3v) is 9.49. The Labute approximate surface area is 183 Å². The van der Waals surface area contributed by atoms with Gasteiger partial charge in [0.1, 0.15) is 0 Å². The van der Waals surface area contributed by atoms with Gasteiger partial charge < -0.3 is 14.4 Å². The Kier molecular flexibility index (Phi) is 3.49. The second-order valence-corrected chi connectivity index (χ2v) is 10.6. The van der Waals surface area contributed by atoms with E-state index in [2.05, 4.69) is 42.3 Å². The summed E-state index contributed by atoms with van der Waals surface area (Å²) in [4.78, 5) is 16.9. The van der Waals surface area contributed by atoms with Crippen LogP contribution in [0.15, 0.2) is 36.4 Å². The van der Waals surface area contributed by atoms with E-state index in [1.807, 2.05) is 6.07 Å². The molecule has 0 radical (unpaired) electrons. The first-order chi connectivity index (χ1) is 15.1. The Morgan fingerprint density at radius 2 is 1.94 bits per heavy atom. The molecule has 31 heavy (non-hydrogen) atoms. The Bertz CT molecular complexity index is 1130. The van der Waals surface area contributed by atoms with Crippen LogP contribution in [0, 0.1) is 11.3 Å². The summed E-state index contributed by atoms with van der Waals surface area (Å²) in [6, 6.07) is 13.4. The summed E-state index contributed by atoms with van der Waals surface area (Å²) in [6.45, 7) is 1.03. The van der Waals surface area contributed by atoms with Gasteiger partial charge in [-0.3, -0.25) is 4.79 Å². The van der Waals surface area contributed by atoms with Crippen LogP contribution in [-0.2, 0) is 29.5 Å². The van der Waals surface area contributed by atoms with Crippen molar-refractivity contribution in [3.63, 3.8) is 0 Å². The lowest BCUT2D eigenvalue weighted by atomic mass is 9.45. The van der Waals surface area contributed by atoms with E-state index in [1.54, 1.807) is 7.11 Å². The van der Waals surface area contributed by atoms with Gasteiger partial charge in [-0.15, -0.1) is 0 Å². The highest BCUT2D eigenvalue weighted by Gasteiger charge is 2.70. The molecule has 2 aromatic rings. The zero-order valence-corrected chi connectivity index (χ0v) is 18.3. The minimum Gasteiger partial charge on any atom is -0.493 e. The average Bonchev–Trinajstić information content (AvgIpc) is 3.14. The largest absolute Gasteiger partial charge is 0.493 e. The summed E-state index contributed by atoms with van der Waals surface area (Å²) in [5, 5.41) is 0. The summed E-state index contributed by atoms with van der Waals surface area (Å²) in [5.74, 6) is 2.46. The zero-order chi connectivity index (χ0) is 21.0. The molecule has 4 nitrogen and oxygen atoms in total. The summed E-state index contributed by atoms with van der Waals surface area (Å²) in [6.07, 6.45) is 5.49. The molecule has 7 rings (SSSR count). The molecular formula is C27H29NO3. The minimum absolute atomic E-state index is 0.173. The topological polar surface area (TPSA) is 38.8 Å². The molecule has 2 heterocycles. The number of nitrogens with zero attached hydrogens (tertiary/aromatic N) is 1. The van der Waals surface area contributed by atoms with Crippen molar-refractivity contribution in [3.8, 4) is 11.5 Å². The Hall–Kier alpha value is -2.33. The van der Waals surface area contributed by atoms with Gasteiger partial charge in [0.15, 0.2) is 23.4 Å². The van der Waals surface area contributed by atoms with Crippen molar-refractivity contribution in [2.75, 3.05) is 20.7 Å². The number of ketones is 1. The summed E-state index contributed by atoms with van der Waals surface area (Å²) in [7, 11) is 3.98. The lowest BCUT2D eigenvalue weighted by Crippen LogP contribution is -2.69. The van der Waals surface area contributed by atoms with E-state index in [9.17, 15) is 4.79 Å². The number of carbonyl (C=O) groups is 1. The van der Waals surface area contributed by atoms with Crippen molar-refractivity contribution in [2.45, 2.75) is 56.1 Å². The first-order valence-corrected chi connectivity index (χ1v) is 11.8. The molecule has 1 saturated heterocycles. The second-order valence-electron chi connectivity index (χ2n) is 10.6. The molecule has 1 saturated carbocycles. The van der Waals surface area contributed by atoms with Gasteiger partial charge in [0.05, 0.1) is 7.11 Å². The molecule has 2 aromatic carbocycles. The van der Waals surface area contributed by atoms with Crippen molar-refractivity contribution in [1.82, 2.24) is 4.90 Å². The van der Waals surface area contributed by atoms with Crippen LogP contribution in [0.4, 0.5) is 0 Å². The van der Waals surface area contributed by atoms with Gasteiger partial charge in [-0.05, 0) is 80.8 Å². The smallest absolute Gasteiger partial charge is 0.180 e. The van der Waals surface area contributed by atoms with Crippen LogP contribution in [0.25, 0.3) is 0 Å². The lowest BCUT2D eigenvalue weighted by molar-refractivity contribution is -0.156. The third kappa shape index (κ3) is 2.08. The van der Waals surface area contributed by atoms with E-state index in [-0.39, 0.29) is 16.9 Å². The number of methoxy groups -OCH3 is 1. The number of carbonyl (C=O) groups excluding carboxylic acids is 1. The van der Waals surface area contributed by atoms with Gasteiger partial charge in [-0.1, -0.05) is 30.3 Å². The molecule has 0 aromatic heterocycles. The lowest BCUT2D eigenvalue weighted by Gasteiger charge is -2.61. The van der Waals surface area contributed by atoms with Gasteiger partial charge in [0.25, 0.3) is 0 Å². The summed E-state index contributed by atoms with van der Waals surface area (Å²) in [5.41, 5.74) is 4.99. The van der Waals surface area contributed by atoms with Crippen LogP contribution in [0.3, 0.4) is 0 Å². The number of likely N-dealkylation sites (tertiary alicyclic amines) is 1. The van der Waals surface area contributed by atoms with Crippen LogP contribution in [0.5, 0.6) is 11.5 Å². The van der Waals surface area contributed by atoms with Gasteiger partial charge in [0.2, 0.25) is 0 Å². The van der Waals surface area contributed by atoms with E-state index in [0.717, 1.165) is 56.6 Å². The number of ether oxygens (including phenoxy) is 2. The van der Waals surface area contributed by atoms with Crippen molar-refractivity contribution >= 4 is 5.78 Å². The molecule has 0 unspecified atom stereocenters. The molecule has 5 aliphatic rings. The van der Waals surface area contributed by atoms with Crippen LogP contribution in [0.1, 0.15) is 41.5 Å². The molecule has 160 valence electrons. The molecule has 2 aliphatic heterocycles. The number of piperidine rings is 1. The number of rotatable bonds is 1. The van der Waals surface area contributed by atoms with Gasteiger partial charge in [0, 0.05) is 22.4 Å². The third-order valence-electron chi connectivity index (χ3n) is 9.49. The molecule has 2 spiro atoms. The number of hydrogen-bond acceptors (Lipinski definition) is 4. The van der Waals surface area contributed by atoms with E-state index >= 15 is 0 Å². The molecule has 3 aliphatic carbocycles. The molecular weight excluding hydrogens is 386 g/mol. The highest BCUT2D eigenvalue weighted by Crippen LogP contribution is 2.66. The van der Waals surface area contributed by atoms with E-state index in [1.165, 1.54) is 22.3 Å². The number of hydrogen-bond donors (Lipinski definition) is 0. The minimum atomic E-state index is -0.363. The first kappa shape index (κ1) is 18.3. The van der Waals surface area contributed by atoms with Crippen LogP contribution >= 0.6 is 0 Å². The Morgan fingerprint density at radius 3 is 2.77 bits per heavy atom. The number of fused-ring (bicyclic) bond motifs is 1. The number of Topliss-reactive ketones (excluding diaryl/α,β-unsaturated/α-hetero) is 1. The molecule has 0 N–H and O–H groups in total. The van der Waals surface area contributed by atoms with E-state index < -0.39 is 0 Å². The quantitative estimate of drug-likeness (QED) is 0.712. The normalized spacial score (nSPS) is 37.2. The second kappa shape index (κ2) is 5.92. The van der Waals surface area contributed by atoms with Crippen molar-refractivity contribution in [1.29, 1.82) is 0 Å². The fraction of sp³-hybridized carbons (Fsp3) is 0.519. The predicted molar refractivity (Wildman–Crippen MR) is 118 cm³/mol. The molecule has 2 fully saturated rings.